The van der Waals surface area contributed by atoms with E-state index in [2.05, 4.69) is 0 Å². The van der Waals surface area contributed by atoms with E-state index in [0.717, 1.165) is 4.90 Å². The molecule has 21 heavy (non-hydrogen) atoms. The maximum Gasteiger partial charge on any atom is 0.323 e. The molecule has 0 saturated carbocycles. The van der Waals surface area contributed by atoms with Gasteiger partial charge in [-0.15, -0.1) is 11.8 Å². The van der Waals surface area contributed by atoms with Crippen LogP contribution in [0.25, 0.3) is 0 Å². The third-order valence-corrected chi connectivity index (χ3v) is 3.60. The minimum Gasteiger partial charge on any atom is -0.480 e. The second kappa shape index (κ2) is 7.07. The molecule has 8 heteroatoms. The molecular weight excluding hydrogens is 296 g/mol. The molecule has 1 aromatic carbocycles. The van der Waals surface area contributed by atoms with Crippen molar-refractivity contribution in [3.05, 3.63) is 33.9 Å². The van der Waals surface area contributed by atoms with Crippen molar-refractivity contribution in [1.29, 1.82) is 0 Å². The van der Waals surface area contributed by atoms with E-state index >= 15 is 0 Å². The lowest BCUT2D eigenvalue weighted by Crippen LogP contribution is -2.40. The van der Waals surface area contributed by atoms with Gasteiger partial charge in [0.05, 0.1) is 9.82 Å². The zero-order valence-electron chi connectivity index (χ0n) is 11.9. The number of hydrogen-bond acceptors (Lipinski definition) is 5. The van der Waals surface area contributed by atoms with Crippen molar-refractivity contribution in [1.82, 2.24) is 4.90 Å². The maximum absolute atomic E-state index is 12.3. The van der Waals surface area contributed by atoms with Crippen LogP contribution in [0.15, 0.2) is 23.1 Å². The Kier molecular flexibility index (Phi) is 5.71. The Balaban J connectivity index is 3.19. The molecule has 0 aliphatic rings. The van der Waals surface area contributed by atoms with Crippen LogP contribution >= 0.6 is 11.8 Å². The lowest BCUT2D eigenvalue weighted by Gasteiger charge is -2.24. The van der Waals surface area contributed by atoms with Gasteiger partial charge in [0.15, 0.2) is 0 Å². The van der Waals surface area contributed by atoms with Crippen molar-refractivity contribution in [2.45, 2.75) is 24.8 Å². The van der Waals surface area contributed by atoms with Crippen molar-refractivity contribution in [3.63, 3.8) is 0 Å². The summed E-state index contributed by atoms with van der Waals surface area (Å²) in [4.78, 5) is 35.2. The highest BCUT2D eigenvalue weighted by Crippen LogP contribution is 2.28. The van der Waals surface area contributed by atoms with Crippen molar-refractivity contribution in [2.24, 2.45) is 0 Å². The number of carboxylic acids is 1. The summed E-state index contributed by atoms with van der Waals surface area (Å²) in [5, 5.41) is 19.9. The van der Waals surface area contributed by atoms with Crippen LogP contribution in [-0.4, -0.2) is 45.6 Å². The van der Waals surface area contributed by atoms with Gasteiger partial charge < -0.3 is 10.0 Å². The van der Waals surface area contributed by atoms with Crippen molar-refractivity contribution in [2.75, 3.05) is 12.8 Å². The Hall–Kier alpha value is -2.09. The van der Waals surface area contributed by atoms with Crippen LogP contribution in [0.1, 0.15) is 24.2 Å². The first-order chi connectivity index (χ1) is 9.77. The second-order valence-electron chi connectivity index (χ2n) is 4.56. The van der Waals surface area contributed by atoms with Gasteiger partial charge in [-0.25, -0.2) is 0 Å². The van der Waals surface area contributed by atoms with Crippen LogP contribution in [0.4, 0.5) is 5.69 Å². The molecule has 0 atom stereocenters. The molecule has 0 heterocycles. The first-order valence-electron chi connectivity index (χ1n) is 6.13. The van der Waals surface area contributed by atoms with E-state index in [0.29, 0.717) is 4.90 Å². The number of hydrogen-bond donors (Lipinski definition) is 1. The fourth-order valence-corrected chi connectivity index (χ4v) is 2.31. The summed E-state index contributed by atoms with van der Waals surface area (Å²) in [6, 6.07) is 3.83. The maximum atomic E-state index is 12.3. The highest BCUT2D eigenvalue weighted by atomic mass is 32.2. The van der Waals surface area contributed by atoms with E-state index in [1.165, 1.54) is 30.0 Å². The average molecular weight is 312 g/mol. The van der Waals surface area contributed by atoms with Crippen LogP contribution in [0.5, 0.6) is 0 Å². The van der Waals surface area contributed by atoms with Gasteiger partial charge in [0.25, 0.3) is 11.6 Å². The Morgan fingerprint density at radius 1 is 1.43 bits per heavy atom. The number of amides is 1. The minimum absolute atomic E-state index is 0.106. The number of rotatable bonds is 6. The predicted molar refractivity (Wildman–Crippen MR) is 78.7 cm³/mol. The fourth-order valence-electron chi connectivity index (χ4n) is 1.77. The monoisotopic (exact) mass is 312 g/mol. The number of nitro benzene ring substituents is 1. The summed E-state index contributed by atoms with van der Waals surface area (Å²) in [5.74, 6) is -1.67. The standard InChI is InChI=1S/C13H16N2O5S/c1-8(2)14(7-12(16)17)13(18)9-4-5-11(21-3)10(6-9)15(19)20/h4-6,8H,7H2,1-3H3,(H,16,17). The average Bonchev–Trinajstić information content (AvgIpc) is 2.42. The third kappa shape index (κ3) is 4.19. The molecule has 114 valence electrons. The largest absolute Gasteiger partial charge is 0.480 e. The molecule has 0 saturated heterocycles. The van der Waals surface area contributed by atoms with E-state index in [1.54, 1.807) is 20.1 Å². The van der Waals surface area contributed by atoms with Gasteiger partial charge in [-0.1, -0.05) is 0 Å². The summed E-state index contributed by atoms with van der Waals surface area (Å²) in [6.07, 6.45) is 1.70. The lowest BCUT2D eigenvalue weighted by molar-refractivity contribution is -0.387. The number of benzene rings is 1. The van der Waals surface area contributed by atoms with Crippen LogP contribution in [0.3, 0.4) is 0 Å². The molecule has 1 N–H and O–H groups in total. The summed E-state index contributed by atoms with van der Waals surface area (Å²) >= 11 is 1.21. The SMILES string of the molecule is CSc1ccc(C(=O)N(CC(=O)O)C(C)C)cc1[N+](=O)[O-]. The molecule has 0 radical (unpaired) electrons. The van der Waals surface area contributed by atoms with Crippen molar-refractivity contribution >= 4 is 29.3 Å². The highest BCUT2D eigenvalue weighted by Gasteiger charge is 2.24. The summed E-state index contributed by atoms with van der Waals surface area (Å²) < 4.78 is 0. The lowest BCUT2D eigenvalue weighted by atomic mass is 10.1. The number of thioether (sulfide) groups is 1. The van der Waals surface area contributed by atoms with Crippen molar-refractivity contribution in [3.8, 4) is 0 Å². The first-order valence-corrected chi connectivity index (χ1v) is 7.35. The molecule has 0 aliphatic carbocycles. The molecule has 0 aromatic heterocycles. The molecular formula is C13H16N2O5S. The van der Waals surface area contributed by atoms with E-state index in [9.17, 15) is 19.7 Å². The summed E-state index contributed by atoms with van der Waals surface area (Å²) in [5.41, 5.74) is -0.0539. The number of carbonyl (C=O) groups is 2. The minimum atomic E-state index is -1.13. The van der Waals surface area contributed by atoms with Gasteiger partial charge in [-0.05, 0) is 32.2 Å². The first kappa shape index (κ1) is 17.0. The van der Waals surface area contributed by atoms with Crippen LogP contribution in [-0.2, 0) is 4.79 Å². The quantitative estimate of drug-likeness (QED) is 0.491. The molecule has 7 nitrogen and oxygen atoms in total. The van der Waals surface area contributed by atoms with Crippen LogP contribution in [0.2, 0.25) is 0 Å². The molecule has 0 aliphatic heterocycles. The molecule has 1 amide bonds. The van der Waals surface area contributed by atoms with E-state index < -0.39 is 23.3 Å². The summed E-state index contributed by atoms with van der Waals surface area (Å²) in [6.45, 7) is 2.92. The molecule has 0 spiro atoms. The van der Waals surface area contributed by atoms with Gasteiger partial charge in [0, 0.05) is 17.7 Å². The normalized spacial score (nSPS) is 10.5. The smallest absolute Gasteiger partial charge is 0.323 e. The molecule has 0 unspecified atom stereocenters. The number of aliphatic carboxylic acids is 1. The Morgan fingerprint density at radius 2 is 2.05 bits per heavy atom. The Morgan fingerprint density at radius 3 is 2.48 bits per heavy atom. The molecule has 1 aromatic rings. The molecule has 0 fully saturated rings. The second-order valence-corrected chi connectivity index (χ2v) is 5.41. The van der Waals surface area contributed by atoms with Gasteiger partial charge in [0.1, 0.15) is 6.54 Å². The van der Waals surface area contributed by atoms with Gasteiger partial charge in [0.2, 0.25) is 0 Å². The number of carbonyl (C=O) groups excluding carboxylic acids is 1. The van der Waals surface area contributed by atoms with E-state index in [4.69, 9.17) is 5.11 Å². The Bertz CT molecular complexity index is 574. The van der Waals surface area contributed by atoms with E-state index in [1.807, 2.05) is 0 Å². The van der Waals surface area contributed by atoms with Crippen LogP contribution < -0.4 is 0 Å². The zero-order valence-corrected chi connectivity index (χ0v) is 12.7. The Labute approximate surface area is 126 Å². The number of nitro groups is 1. The topological polar surface area (TPSA) is 101 Å². The number of carboxylic acid groups (broad SMARTS) is 1. The third-order valence-electron chi connectivity index (χ3n) is 2.81. The van der Waals surface area contributed by atoms with Gasteiger partial charge in [-0.3, -0.25) is 19.7 Å². The van der Waals surface area contributed by atoms with Crippen molar-refractivity contribution < 1.29 is 19.6 Å². The van der Waals surface area contributed by atoms with Gasteiger partial charge >= 0.3 is 5.97 Å². The van der Waals surface area contributed by atoms with E-state index in [-0.39, 0.29) is 17.3 Å². The highest BCUT2D eigenvalue weighted by molar-refractivity contribution is 7.98. The summed E-state index contributed by atoms with van der Waals surface area (Å²) in [7, 11) is 0. The fraction of sp³-hybridized carbons (Fsp3) is 0.385. The van der Waals surface area contributed by atoms with Gasteiger partial charge in [-0.2, -0.15) is 0 Å². The van der Waals surface area contributed by atoms with Crippen LogP contribution in [0, 0.1) is 10.1 Å². The molecule has 1 rings (SSSR count). The predicted octanol–water partition coefficient (Wildman–Crippen LogP) is 2.25. The number of nitrogens with zero attached hydrogens (tertiary/aromatic N) is 2. The zero-order chi connectivity index (χ0) is 16.2. The molecule has 0 bridgehead atoms.